The minimum atomic E-state index is -0.920. The van der Waals surface area contributed by atoms with E-state index in [2.05, 4.69) is 13.8 Å². The number of ether oxygens (including phenoxy) is 2. The number of carbonyl (C=O) groups excluding carboxylic acids is 1. The summed E-state index contributed by atoms with van der Waals surface area (Å²) in [6, 6.07) is 5.17. The van der Waals surface area contributed by atoms with Crippen LogP contribution in [0.3, 0.4) is 0 Å². The summed E-state index contributed by atoms with van der Waals surface area (Å²) >= 11 is 0. The molecule has 0 bridgehead atoms. The molecule has 30 heavy (non-hydrogen) atoms. The first-order valence-electron chi connectivity index (χ1n) is 11.0. The lowest BCUT2D eigenvalue weighted by molar-refractivity contribution is 0.0275. The maximum Gasteiger partial charge on any atom is 0.410 e. The predicted molar refractivity (Wildman–Crippen MR) is 115 cm³/mol. The van der Waals surface area contributed by atoms with Crippen LogP contribution in [0.5, 0.6) is 5.75 Å². The normalized spacial score (nSPS) is 22.0. The highest BCUT2D eigenvalue weighted by Crippen LogP contribution is 2.45. The smallest absolute Gasteiger partial charge is 0.410 e. The van der Waals surface area contributed by atoms with Gasteiger partial charge in [0, 0.05) is 13.0 Å². The third-order valence-corrected chi connectivity index (χ3v) is 6.13. The first-order chi connectivity index (χ1) is 13.9. The van der Waals surface area contributed by atoms with Gasteiger partial charge >= 0.3 is 12.1 Å². The average Bonchev–Trinajstić information content (AvgIpc) is 3.09. The molecule has 1 aliphatic heterocycles. The highest BCUT2D eigenvalue weighted by molar-refractivity contribution is 5.88. The van der Waals surface area contributed by atoms with Crippen molar-refractivity contribution in [3.05, 3.63) is 29.3 Å². The number of carboxylic acids is 1. The van der Waals surface area contributed by atoms with Gasteiger partial charge in [-0.1, -0.05) is 13.8 Å². The van der Waals surface area contributed by atoms with Gasteiger partial charge in [-0.3, -0.25) is 0 Å². The molecule has 166 valence electrons. The fourth-order valence-corrected chi connectivity index (χ4v) is 4.31. The molecule has 2 aliphatic rings. The topological polar surface area (TPSA) is 76.1 Å². The van der Waals surface area contributed by atoms with Crippen molar-refractivity contribution in [3.8, 4) is 5.75 Å². The molecule has 0 spiro atoms. The van der Waals surface area contributed by atoms with Gasteiger partial charge in [-0.2, -0.15) is 0 Å². The molecule has 1 N–H and O–H groups in total. The van der Waals surface area contributed by atoms with E-state index in [1.165, 1.54) is 0 Å². The number of benzene rings is 1. The molecule has 1 saturated carbocycles. The standard InChI is InChI=1S/C24H35NO5/c1-23(2,3)30-22(28)25-13-10-18(15-25)29-20-7-6-17(21(26)27)14-19(20)16-8-11-24(4,5)12-9-16/h6-7,14,16,18H,8-13,15H2,1-5H3,(H,26,27)/t18-/m0/s1. The molecule has 3 rings (SSSR count). The minimum absolute atomic E-state index is 0.119. The molecular weight excluding hydrogens is 382 g/mol. The van der Waals surface area contributed by atoms with Crippen molar-refractivity contribution in [1.29, 1.82) is 0 Å². The zero-order chi connectivity index (χ0) is 22.1. The van der Waals surface area contributed by atoms with E-state index in [1.807, 2.05) is 20.8 Å². The first-order valence-corrected chi connectivity index (χ1v) is 11.0. The molecule has 6 heteroatoms. The van der Waals surface area contributed by atoms with Gasteiger partial charge in [0.2, 0.25) is 0 Å². The Kier molecular flexibility index (Phi) is 6.34. The van der Waals surface area contributed by atoms with Crippen molar-refractivity contribution < 1.29 is 24.2 Å². The van der Waals surface area contributed by atoms with E-state index in [0.717, 1.165) is 43.4 Å². The second-order valence-corrected chi connectivity index (χ2v) is 10.5. The summed E-state index contributed by atoms with van der Waals surface area (Å²) in [6.45, 7) is 11.2. The highest BCUT2D eigenvalue weighted by Gasteiger charge is 2.33. The molecule has 1 saturated heterocycles. The van der Waals surface area contributed by atoms with Crippen LogP contribution in [-0.2, 0) is 4.74 Å². The Morgan fingerprint density at radius 2 is 1.80 bits per heavy atom. The summed E-state index contributed by atoms with van der Waals surface area (Å²) < 4.78 is 11.8. The van der Waals surface area contributed by atoms with Crippen LogP contribution >= 0.6 is 0 Å². The Labute approximate surface area is 179 Å². The van der Waals surface area contributed by atoms with Crippen molar-refractivity contribution in [2.75, 3.05) is 13.1 Å². The van der Waals surface area contributed by atoms with Gasteiger partial charge in [-0.05, 0) is 81.5 Å². The Morgan fingerprint density at radius 3 is 2.40 bits per heavy atom. The van der Waals surface area contributed by atoms with Crippen molar-refractivity contribution >= 4 is 12.1 Å². The average molecular weight is 418 g/mol. The Balaban J connectivity index is 1.73. The molecule has 0 unspecified atom stereocenters. The molecular formula is C24H35NO5. The number of amides is 1. The third kappa shape index (κ3) is 5.67. The number of hydrogen-bond donors (Lipinski definition) is 1. The van der Waals surface area contributed by atoms with Crippen LogP contribution in [0, 0.1) is 5.41 Å². The van der Waals surface area contributed by atoms with Crippen molar-refractivity contribution in [3.63, 3.8) is 0 Å². The molecule has 1 aromatic rings. The number of carboxylic acid groups (broad SMARTS) is 1. The summed E-state index contributed by atoms with van der Waals surface area (Å²) in [5, 5.41) is 9.46. The van der Waals surface area contributed by atoms with Crippen molar-refractivity contribution in [2.45, 2.75) is 84.3 Å². The molecule has 6 nitrogen and oxygen atoms in total. The van der Waals surface area contributed by atoms with Crippen LogP contribution in [-0.4, -0.2) is 46.9 Å². The van der Waals surface area contributed by atoms with E-state index >= 15 is 0 Å². The Bertz CT molecular complexity index is 785. The second kappa shape index (κ2) is 8.48. The van der Waals surface area contributed by atoms with E-state index in [9.17, 15) is 14.7 Å². The third-order valence-electron chi connectivity index (χ3n) is 6.13. The molecule has 1 heterocycles. The number of likely N-dealkylation sites (tertiary alicyclic amines) is 1. The van der Waals surface area contributed by atoms with Crippen LogP contribution in [0.25, 0.3) is 0 Å². The van der Waals surface area contributed by atoms with Crippen molar-refractivity contribution in [2.24, 2.45) is 5.41 Å². The summed E-state index contributed by atoms with van der Waals surface area (Å²) in [7, 11) is 0. The molecule has 0 radical (unpaired) electrons. The zero-order valence-corrected chi connectivity index (χ0v) is 18.9. The maximum absolute atomic E-state index is 12.3. The van der Waals surface area contributed by atoms with Gasteiger partial charge < -0.3 is 19.5 Å². The van der Waals surface area contributed by atoms with Crippen molar-refractivity contribution in [1.82, 2.24) is 4.90 Å². The molecule has 1 aromatic carbocycles. The number of hydrogen-bond acceptors (Lipinski definition) is 4. The predicted octanol–water partition coefficient (Wildman–Crippen LogP) is 5.46. The lowest BCUT2D eigenvalue weighted by Crippen LogP contribution is -2.36. The number of nitrogens with zero attached hydrogens (tertiary/aromatic N) is 1. The number of rotatable bonds is 4. The maximum atomic E-state index is 12.3. The number of aromatic carboxylic acids is 1. The first kappa shape index (κ1) is 22.4. The molecule has 1 aliphatic carbocycles. The van der Waals surface area contributed by atoms with Gasteiger partial charge in [0.15, 0.2) is 0 Å². The zero-order valence-electron chi connectivity index (χ0n) is 18.9. The number of carbonyl (C=O) groups is 2. The fraction of sp³-hybridized carbons (Fsp3) is 0.667. The summed E-state index contributed by atoms with van der Waals surface area (Å²) in [5.74, 6) is 0.132. The van der Waals surface area contributed by atoms with Gasteiger partial charge in [0.05, 0.1) is 12.1 Å². The van der Waals surface area contributed by atoms with Crippen LogP contribution < -0.4 is 4.74 Å². The largest absolute Gasteiger partial charge is 0.488 e. The van der Waals surface area contributed by atoms with Crippen LogP contribution in [0.15, 0.2) is 18.2 Å². The molecule has 1 atom stereocenters. The van der Waals surface area contributed by atoms with Crippen LogP contribution in [0.2, 0.25) is 0 Å². The van der Waals surface area contributed by atoms with E-state index in [4.69, 9.17) is 9.47 Å². The van der Waals surface area contributed by atoms with E-state index in [0.29, 0.717) is 30.0 Å². The highest BCUT2D eigenvalue weighted by atomic mass is 16.6. The van der Waals surface area contributed by atoms with Gasteiger partial charge in [0.1, 0.15) is 17.5 Å². The monoisotopic (exact) mass is 417 g/mol. The van der Waals surface area contributed by atoms with Crippen LogP contribution in [0.4, 0.5) is 4.79 Å². The SMILES string of the molecule is CC1(C)CCC(c2cc(C(=O)O)ccc2O[C@H]2CCN(C(=O)OC(C)(C)C)C2)CC1. The van der Waals surface area contributed by atoms with Crippen LogP contribution in [0.1, 0.15) is 88.6 Å². The minimum Gasteiger partial charge on any atom is -0.488 e. The van der Waals surface area contributed by atoms with E-state index < -0.39 is 11.6 Å². The van der Waals surface area contributed by atoms with E-state index in [-0.39, 0.29) is 12.2 Å². The summed E-state index contributed by atoms with van der Waals surface area (Å²) in [5.41, 5.74) is 1.09. The molecule has 2 fully saturated rings. The lowest BCUT2D eigenvalue weighted by Gasteiger charge is -2.35. The quantitative estimate of drug-likeness (QED) is 0.704. The fourth-order valence-electron chi connectivity index (χ4n) is 4.31. The van der Waals surface area contributed by atoms with Gasteiger partial charge in [-0.25, -0.2) is 9.59 Å². The van der Waals surface area contributed by atoms with E-state index in [1.54, 1.807) is 23.1 Å². The summed E-state index contributed by atoms with van der Waals surface area (Å²) in [4.78, 5) is 25.5. The second-order valence-electron chi connectivity index (χ2n) is 10.5. The van der Waals surface area contributed by atoms with Gasteiger partial charge in [-0.15, -0.1) is 0 Å². The Morgan fingerprint density at radius 1 is 1.13 bits per heavy atom. The van der Waals surface area contributed by atoms with Gasteiger partial charge in [0.25, 0.3) is 0 Å². The molecule has 1 amide bonds. The summed E-state index contributed by atoms with van der Waals surface area (Å²) in [6.07, 6.45) is 4.59. The lowest BCUT2D eigenvalue weighted by atomic mass is 9.71. The molecule has 0 aromatic heterocycles. The Hall–Kier alpha value is -2.24.